The van der Waals surface area contributed by atoms with Gasteiger partial charge in [-0.2, -0.15) is 0 Å². The van der Waals surface area contributed by atoms with Crippen molar-refractivity contribution in [2.75, 3.05) is 7.11 Å². The summed E-state index contributed by atoms with van der Waals surface area (Å²) < 4.78 is 0. The zero-order valence-electron chi connectivity index (χ0n) is 21.7. The minimum Gasteiger partial charge on any atom is -0.400 e. The van der Waals surface area contributed by atoms with Gasteiger partial charge in [0.2, 0.25) is 0 Å². The molecule has 0 spiro atoms. The van der Waals surface area contributed by atoms with E-state index in [-0.39, 0.29) is 25.7 Å². The molecule has 0 bridgehead atoms. The third-order valence-electron chi connectivity index (χ3n) is 5.67. The van der Waals surface area contributed by atoms with Crippen LogP contribution in [-0.4, -0.2) is 12.2 Å². The van der Waals surface area contributed by atoms with Gasteiger partial charge in [-0.3, -0.25) is 0 Å². The lowest BCUT2D eigenvalue weighted by atomic mass is 9.66. The highest BCUT2D eigenvalue weighted by Gasteiger charge is 2.34. The van der Waals surface area contributed by atoms with Crippen LogP contribution in [0.25, 0.3) is 0 Å². The minimum absolute atomic E-state index is 0. The average molecular weight is 465 g/mol. The predicted octanol–water partition coefficient (Wildman–Crippen LogP) is 9.60. The van der Waals surface area contributed by atoms with Crippen LogP contribution in [0.5, 0.6) is 0 Å². The van der Waals surface area contributed by atoms with Gasteiger partial charge in [-0.05, 0) is 46.4 Å². The molecule has 0 radical (unpaired) electrons. The first-order chi connectivity index (χ1) is 14.9. The van der Waals surface area contributed by atoms with E-state index in [4.69, 9.17) is 5.11 Å². The third-order valence-corrected chi connectivity index (χ3v) is 5.67. The molecule has 190 valence electrons. The van der Waals surface area contributed by atoms with Gasteiger partial charge in [0.1, 0.15) is 0 Å². The molecule has 3 rings (SSSR count). The standard InChI is InChI=1S/C20H26.C10H14.CH4O.2CH4/c1-16-11-9-10-14-18(16)20(5,15-19(2,3)4)17-12-7-6-8-13-17;1-10(2,3)9-7-5-4-6-8-9;1-2;;/h6-14H,15H2,1-5H3;4-8H,1-3H3;2H,1H3;2*1H4. The average Bonchev–Trinajstić information content (AvgIpc) is 2.75. The van der Waals surface area contributed by atoms with Gasteiger partial charge in [0, 0.05) is 12.5 Å². The molecule has 1 heteroatoms. The largest absolute Gasteiger partial charge is 0.400 e. The number of hydrogen-bond donors (Lipinski definition) is 1. The second kappa shape index (κ2) is 14.8. The number of rotatable bonds is 3. The van der Waals surface area contributed by atoms with Crippen LogP contribution in [0.2, 0.25) is 0 Å². The number of benzene rings is 3. The quantitative estimate of drug-likeness (QED) is 0.409. The second-order valence-electron chi connectivity index (χ2n) is 10.9. The Labute approximate surface area is 212 Å². The maximum atomic E-state index is 7.00. The van der Waals surface area contributed by atoms with Gasteiger partial charge < -0.3 is 5.11 Å². The summed E-state index contributed by atoms with van der Waals surface area (Å²) in [5.74, 6) is 0. The molecule has 0 saturated carbocycles. The zero-order valence-corrected chi connectivity index (χ0v) is 21.7. The molecule has 0 saturated heterocycles. The van der Waals surface area contributed by atoms with Crippen molar-refractivity contribution in [3.63, 3.8) is 0 Å². The smallest absolute Gasteiger partial charge is 0.0319 e. The number of hydrogen-bond acceptors (Lipinski definition) is 1. The van der Waals surface area contributed by atoms with Gasteiger partial charge in [-0.15, -0.1) is 0 Å². The summed E-state index contributed by atoms with van der Waals surface area (Å²) in [6.45, 7) is 18.3. The molecule has 1 nitrogen and oxygen atoms in total. The molecule has 34 heavy (non-hydrogen) atoms. The Morgan fingerprint density at radius 3 is 1.29 bits per heavy atom. The highest BCUT2D eigenvalue weighted by Crippen LogP contribution is 2.42. The van der Waals surface area contributed by atoms with Gasteiger partial charge in [-0.25, -0.2) is 0 Å². The van der Waals surface area contributed by atoms with Crippen molar-refractivity contribution in [1.29, 1.82) is 0 Å². The van der Waals surface area contributed by atoms with Gasteiger partial charge in [0.25, 0.3) is 0 Å². The first-order valence-electron chi connectivity index (χ1n) is 11.6. The Bertz CT molecular complexity index is 899. The van der Waals surface area contributed by atoms with E-state index < -0.39 is 0 Å². The van der Waals surface area contributed by atoms with Crippen LogP contribution in [0.1, 0.15) is 92.0 Å². The molecule has 1 unspecified atom stereocenters. The number of aliphatic hydroxyl groups is 1. The summed E-state index contributed by atoms with van der Waals surface area (Å²) in [7, 11) is 1.00. The van der Waals surface area contributed by atoms with Gasteiger partial charge in [0.05, 0.1) is 0 Å². The summed E-state index contributed by atoms with van der Waals surface area (Å²) in [6.07, 6.45) is 1.13. The maximum absolute atomic E-state index is 7.00. The van der Waals surface area contributed by atoms with Gasteiger partial charge >= 0.3 is 0 Å². The first kappa shape index (κ1) is 33.8. The summed E-state index contributed by atoms with van der Waals surface area (Å²) in [6, 6.07) is 30.3. The molecule has 0 amide bonds. The van der Waals surface area contributed by atoms with E-state index in [2.05, 4.69) is 140 Å². The van der Waals surface area contributed by atoms with E-state index in [1.165, 1.54) is 22.3 Å². The van der Waals surface area contributed by atoms with Crippen LogP contribution in [0.3, 0.4) is 0 Å². The summed E-state index contributed by atoms with van der Waals surface area (Å²) in [5, 5.41) is 7.00. The molecule has 1 N–H and O–H groups in total. The molecule has 0 aliphatic carbocycles. The maximum Gasteiger partial charge on any atom is 0.0319 e. The summed E-state index contributed by atoms with van der Waals surface area (Å²) >= 11 is 0. The summed E-state index contributed by atoms with van der Waals surface area (Å²) in [4.78, 5) is 0. The molecular formula is C33H52O. The normalized spacial score (nSPS) is 12.3. The molecular weight excluding hydrogens is 412 g/mol. The van der Waals surface area contributed by atoms with Crippen molar-refractivity contribution < 1.29 is 5.11 Å². The van der Waals surface area contributed by atoms with Crippen molar-refractivity contribution in [3.05, 3.63) is 107 Å². The molecule has 0 heterocycles. The van der Waals surface area contributed by atoms with Crippen LogP contribution in [0.15, 0.2) is 84.9 Å². The van der Waals surface area contributed by atoms with Crippen molar-refractivity contribution in [3.8, 4) is 0 Å². The van der Waals surface area contributed by atoms with Crippen molar-refractivity contribution in [1.82, 2.24) is 0 Å². The van der Waals surface area contributed by atoms with Crippen LogP contribution in [0.4, 0.5) is 0 Å². The molecule has 0 fully saturated rings. The van der Waals surface area contributed by atoms with E-state index in [0.29, 0.717) is 5.41 Å². The van der Waals surface area contributed by atoms with E-state index in [9.17, 15) is 0 Å². The Hall–Kier alpha value is -2.38. The molecule has 0 aromatic heterocycles. The molecule has 1 atom stereocenters. The monoisotopic (exact) mass is 464 g/mol. The Kier molecular flexibility index (Phi) is 14.7. The van der Waals surface area contributed by atoms with Gasteiger partial charge in [-0.1, -0.05) is 148 Å². The zero-order chi connectivity index (χ0) is 24.4. The summed E-state index contributed by atoms with van der Waals surface area (Å²) in [5.41, 5.74) is 6.27. The lowest BCUT2D eigenvalue weighted by Gasteiger charge is -2.38. The lowest BCUT2D eigenvalue weighted by molar-refractivity contribution is 0.299. The Morgan fingerprint density at radius 1 is 0.559 bits per heavy atom. The highest BCUT2D eigenvalue weighted by atomic mass is 16.2. The number of aliphatic hydroxyl groups excluding tert-OH is 1. The van der Waals surface area contributed by atoms with Crippen LogP contribution in [0, 0.1) is 12.3 Å². The fraction of sp³-hybridized carbons (Fsp3) is 0.455. The van der Waals surface area contributed by atoms with E-state index in [0.717, 1.165) is 13.5 Å². The predicted molar refractivity (Wildman–Crippen MR) is 155 cm³/mol. The van der Waals surface area contributed by atoms with E-state index in [1.54, 1.807) is 0 Å². The van der Waals surface area contributed by atoms with Crippen LogP contribution >= 0.6 is 0 Å². The van der Waals surface area contributed by atoms with Crippen LogP contribution < -0.4 is 0 Å². The Balaban J connectivity index is 0. The van der Waals surface area contributed by atoms with Crippen molar-refractivity contribution >= 4 is 0 Å². The second-order valence-corrected chi connectivity index (χ2v) is 10.9. The third kappa shape index (κ3) is 10.3. The van der Waals surface area contributed by atoms with E-state index >= 15 is 0 Å². The number of aryl methyl sites for hydroxylation is 1. The first-order valence-corrected chi connectivity index (χ1v) is 11.6. The van der Waals surface area contributed by atoms with Crippen molar-refractivity contribution in [2.24, 2.45) is 5.41 Å². The molecule has 0 aliphatic rings. The minimum atomic E-state index is 0. The van der Waals surface area contributed by atoms with Crippen molar-refractivity contribution in [2.45, 2.75) is 87.5 Å². The fourth-order valence-electron chi connectivity index (χ4n) is 4.35. The van der Waals surface area contributed by atoms with Crippen LogP contribution in [-0.2, 0) is 10.8 Å². The van der Waals surface area contributed by atoms with Gasteiger partial charge in [0.15, 0.2) is 0 Å². The highest BCUT2D eigenvalue weighted by molar-refractivity contribution is 5.42. The lowest BCUT2D eigenvalue weighted by Crippen LogP contribution is -2.30. The fourth-order valence-corrected chi connectivity index (χ4v) is 4.35. The SMILES string of the molecule is C.C.CC(C)(C)c1ccccc1.CO.Cc1ccccc1C(C)(CC(C)(C)C)c1ccccc1. The molecule has 3 aromatic rings. The molecule has 3 aromatic carbocycles. The topological polar surface area (TPSA) is 20.2 Å². The molecule has 0 aliphatic heterocycles. The van der Waals surface area contributed by atoms with E-state index in [1.807, 2.05) is 0 Å². The Morgan fingerprint density at radius 2 is 0.941 bits per heavy atom.